The van der Waals surface area contributed by atoms with E-state index in [2.05, 4.69) is 29.8 Å². The Labute approximate surface area is 93.6 Å². The van der Waals surface area contributed by atoms with E-state index in [-0.39, 0.29) is 0 Å². The van der Waals surface area contributed by atoms with Gasteiger partial charge in [-0.2, -0.15) is 0 Å². The number of hydrogen-bond acceptors (Lipinski definition) is 2. The Morgan fingerprint density at radius 3 is 2.64 bits per heavy atom. The molecule has 0 aliphatic carbocycles. The SMILES string of the molecule is CC(C)CCOc1cc(N)cc(Br)c1. The predicted octanol–water partition coefficient (Wildman–Crippen LogP) is 3.46. The van der Waals surface area contributed by atoms with Gasteiger partial charge in [-0.05, 0) is 24.5 Å². The fourth-order valence-electron chi connectivity index (χ4n) is 1.08. The van der Waals surface area contributed by atoms with Crippen LogP contribution in [0.2, 0.25) is 0 Å². The molecule has 2 N–H and O–H groups in total. The average molecular weight is 258 g/mol. The number of ether oxygens (including phenoxy) is 1. The fourth-order valence-corrected chi connectivity index (χ4v) is 1.57. The van der Waals surface area contributed by atoms with Crippen LogP contribution in [0.15, 0.2) is 22.7 Å². The van der Waals surface area contributed by atoms with Crippen molar-refractivity contribution in [2.24, 2.45) is 5.92 Å². The van der Waals surface area contributed by atoms with Gasteiger partial charge in [0, 0.05) is 16.2 Å². The maximum atomic E-state index is 5.68. The summed E-state index contributed by atoms with van der Waals surface area (Å²) in [5.74, 6) is 1.50. The van der Waals surface area contributed by atoms with Gasteiger partial charge in [0.2, 0.25) is 0 Å². The first-order valence-electron chi connectivity index (χ1n) is 4.77. The largest absolute Gasteiger partial charge is 0.493 e. The molecule has 0 unspecified atom stereocenters. The quantitative estimate of drug-likeness (QED) is 0.839. The Morgan fingerprint density at radius 1 is 1.36 bits per heavy atom. The molecule has 14 heavy (non-hydrogen) atoms. The lowest BCUT2D eigenvalue weighted by molar-refractivity contribution is 0.289. The minimum Gasteiger partial charge on any atom is -0.493 e. The zero-order valence-corrected chi connectivity index (χ0v) is 10.2. The van der Waals surface area contributed by atoms with Gasteiger partial charge in [0.25, 0.3) is 0 Å². The number of hydrogen-bond donors (Lipinski definition) is 1. The van der Waals surface area contributed by atoms with E-state index in [0.717, 1.165) is 28.9 Å². The van der Waals surface area contributed by atoms with E-state index in [4.69, 9.17) is 10.5 Å². The van der Waals surface area contributed by atoms with Gasteiger partial charge in [0.15, 0.2) is 0 Å². The van der Waals surface area contributed by atoms with E-state index in [1.165, 1.54) is 0 Å². The van der Waals surface area contributed by atoms with E-state index < -0.39 is 0 Å². The van der Waals surface area contributed by atoms with Gasteiger partial charge >= 0.3 is 0 Å². The molecular weight excluding hydrogens is 242 g/mol. The summed E-state index contributed by atoms with van der Waals surface area (Å²) in [6, 6.07) is 5.62. The molecule has 78 valence electrons. The number of benzene rings is 1. The Balaban J connectivity index is 2.50. The van der Waals surface area contributed by atoms with Crippen LogP contribution in [0.5, 0.6) is 5.75 Å². The summed E-state index contributed by atoms with van der Waals surface area (Å²) in [7, 11) is 0. The number of nitrogens with two attached hydrogens (primary N) is 1. The van der Waals surface area contributed by atoms with Crippen molar-refractivity contribution in [2.45, 2.75) is 20.3 Å². The molecule has 1 aromatic rings. The predicted molar refractivity (Wildman–Crippen MR) is 63.5 cm³/mol. The van der Waals surface area contributed by atoms with Crippen LogP contribution >= 0.6 is 15.9 Å². The molecule has 0 aromatic heterocycles. The highest BCUT2D eigenvalue weighted by Crippen LogP contribution is 2.23. The standard InChI is InChI=1S/C11H16BrNO/c1-8(2)3-4-14-11-6-9(12)5-10(13)7-11/h5-8H,3-4,13H2,1-2H3. The third kappa shape index (κ3) is 4.01. The normalized spacial score (nSPS) is 10.6. The first-order valence-corrected chi connectivity index (χ1v) is 5.56. The molecule has 0 heterocycles. The molecule has 0 bridgehead atoms. The molecule has 0 fully saturated rings. The van der Waals surface area contributed by atoms with E-state index in [1.807, 2.05) is 18.2 Å². The third-order valence-corrected chi connectivity index (χ3v) is 2.32. The molecule has 0 aliphatic heterocycles. The lowest BCUT2D eigenvalue weighted by atomic mass is 10.1. The average Bonchev–Trinajstić information content (AvgIpc) is 2.01. The van der Waals surface area contributed by atoms with Crippen molar-refractivity contribution in [3.8, 4) is 5.75 Å². The zero-order valence-electron chi connectivity index (χ0n) is 8.59. The summed E-state index contributed by atoms with van der Waals surface area (Å²) in [5.41, 5.74) is 6.40. The highest BCUT2D eigenvalue weighted by atomic mass is 79.9. The summed E-state index contributed by atoms with van der Waals surface area (Å²) in [6.45, 7) is 5.10. The summed E-state index contributed by atoms with van der Waals surface area (Å²) >= 11 is 3.37. The molecule has 0 aliphatic rings. The molecular formula is C11H16BrNO. The van der Waals surface area contributed by atoms with Crippen LogP contribution in [0, 0.1) is 5.92 Å². The van der Waals surface area contributed by atoms with Crippen LogP contribution in [-0.2, 0) is 0 Å². The van der Waals surface area contributed by atoms with E-state index in [9.17, 15) is 0 Å². The minimum atomic E-state index is 0.666. The molecule has 0 amide bonds. The molecule has 0 spiro atoms. The van der Waals surface area contributed by atoms with E-state index in [0.29, 0.717) is 5.92 Å². The summed E-state index contributed by atoms with van der Waals surface area (Å²) in [6.07, 6.45) is 1.06. The number of rotatable bonds is 4. The smallest absolute Gasteiger partial charge is 0.122 e. The van der Waals surface area contributed by atoms with Crippen molar-refractivity contribution in [1.82, 2.24) is 0 Å². The first kappa shape index (κ1) is 11.4. The summed E-state index contributed by atoms with van der Waals surface area (Å²) in [5, 5.41) is 0. The molecule has 2 nitrogen and oxygen atoms in total. The third-order valence-electron chi connectivity index (χ3n) is 1.86. The minimum absolute atomic E-state index is 0.666. The van der Waals surface area contributed by atoms with Crippen molar-refractivity contribution >= 4 is 21.6 Å². The van der Waals surface area contributed by atoms with Crippen molar-refractivity contribution in [3.63, 3.8) is 0 Å². The van der Waals surface area contributed by atoms with Crippen molar-refractivity contribution < 1.29 is 4.74 Å². The fraction of sp³-hybridized carbons (Fsp3) is 0.455. The van der Waals surface area contributed by atoms with Crippen LogP contribution in [0.25, 0.3) is 0 Å². The van der Waals surface area contributed by atoms with Gasteiger partial charge in [-0.1, -0.05) is 29.8 Å². The van der Waals surface area contributed by atoms with Crippen LogP contribution in [0.3, 0.4) is 0 Å². The van der Waals surface area contributed by atoms with Crippen molar-refractivity contribution in [3.05, 3.63) is 22.7 Å². The van der Waals surface area contributed by atoms with Crippen LogP contribution in [-0.4, -0.2) is 6.61 Å². The van der Waals surface area contributed by atoms with Gasteiger partial charge in [-0.25, -0.2) is 0 Å². The Hall–Kier alpha value is -0.700. The maximum Gasteiger partial charge on any atom is 0.122 e. The second-order valence-electron chi connectivity index (χ2n) is 3.75. The van der Waals surface area contributed by atoms with Crippen molar-refractivity contribution in [1.29, 1.82) is 0 Å². The number of anilines is 1. The van der Waals surface area contributed by atoms with Gasteiger partial charge in [-0.3, -0.25) is 0 Å². The Kier molecular flexibility index (Phi) is 4.26. The number of halogens is 1. The van der Waals surface area contributed by atoms with E-state index in [1.54, 1.807) is 0 Å². The van der Waals surface area contributed by atoms with Gasteiger partial charge in [-0.15, -0.1) is 0 Å². The topological polar surface area (TPSA) is 35.2 Å². The van der Waals surface area contributed by atoms with E-state index >= 15 is 0 Å². The number of nitrogen functional groups attached to an aromatic ring is 1. The lowest BCUT2D eigenvalue weighted by Gasteiger charge is -2.08. The molecule has 3 heteroatoms. The molecule has 0 radical (unpaired) electrons. The lowest BCUT2D eigenvalue weighted by Crippen LogP contribution is -2.01. The van der Waals surface area contributed by atoms with Crippen LogP contribution in [0.4, 0.5) is 5.69 Å². The zero-order chi connectivity index (χ0) is 10.6. The molecule has 1 aromatic carbocycles. The van der Waals surface area contributed by atoms with Gasteiger partial charge < -0.3 is 10.5 Å². The second kappa shape index (κ2) is 5.25. The van der Waals surface area contributed by atoms with Crippen LogP contribution < -0.4 is 10.5 Å². The van der Waals surface area contributed by atoms with Gasteiger partial charge in [0.1, 0.15) is 5.75 Å². The Bertz CT molecular complexity index is 279. The molecule has 1 rings (SSSR count). The van der Waals surface area contributed by atoms with Gasteiger partial charge in [0.05, 0.1) is 6.61 Å². The van der Waals surface area contributed by atoms with Crippen LogP contribution in [0.1, 0.15) is 20.3 Å². The highest BCUT2D eigenvalue weighted by Gasteiger charge is 1.99. The first-order chi connectivity index (χ1) is 6.58. The highest BCUT2D eigenvalue weighted by molar-refractivity contribution is 9.10. The Morgan fingerprint density at radius 2 is 2.07 bits per heavy atom. The summed E-state index contributed by atoms with van der Waals surface area (Å²) in [4.78, 5) is 0. The second-order valence-corrected chi connectivity index (χ2v) is 4.67. The molecule has 0 atom stereocenters. The maximum absolute atomic E-state index is 5.68. The van der Waals surface area contributed by atoms with Crippen molar-refractivity contribution in [2.75, 3.05) is 12.3 Å². The monoisotopic (exact) mass is 257 g/mol. The summed E-state index contributed by atoms with van der Waals surface area (Å²) < 4.78 is 6.52. The molecule has 0 saturated heterocycles. The molecule has 0 saturated carbocycles.